The first-order valence-corrected chi connectivity index (χ1v) is 5.44. The minimum absolute atomic E-state index is 0.146. The van der Waals surface area contributed by atoms with Crippen molar-refractivity contribution >= 4 is 27.5 Å². The lowest BCUT2D eigenvalue weighted by Gasteiger charge is -2.06. The van der Waals surface area contributed by atoms with Gasteiger partial charge in [-0.25, -0.2) is 4.98 Å². The Labute approximate surface area is 106 Å². The smallest absolute Gasteiger partial charge is 0.212 e. The maximum Gasteiger partial charge on any atom is 0.212 e. The number of nitrogens with zero attached hydrogens (tertiary/aromatic N) is 1. The number of aromatic nitrogens is 1. The molecule has 0 saturated carbocycles. The van der Waals surface area contributed by atoms with Gasteiger partial charge in [0.15, 0.2) is 0 Å². The molecule has 0 saturated heterocycles. The Morgan fingerprint density at radius 1 is 1.59 bits per heavy atom. The summed E-state index contributed by atoms with van der Waals surface area (Å²) in [4.78, 5) is 3.42. The van der Waals surface area contributed by atoms with E-state index in [1.54, 1.807) is 6.92 Å². The van der Waals surface area contributed by atoms with Crippen LogP contribution in [0.25, 0.3) is 5.76 Å². The van der Waals surface area contributed by atoms with Gasteiger partial charge < -0.3 is 10.8 Å². The molecule has 0 amide bonds. The molecule has 1 aromatic heterocycles. The van der Waals surface area contributed by atoms with Crippen molar-refractivity contribution in [3.05, 3.63) is 46.0 Å². The van der Waals surface area contributed by atoms with E-state index in [0.717, 1.165) is 6.07 Å². The van der Waals surface area contributed by atoms with Crippen LogP contribution in [-0.4, -0.2) is 15.9 Å². The molecule has 0 spiro atoms. The van der Waals surface area contributed by atoms with Crippen LogP contribution in [0.15, 0.2) is 34.5 Å². The fourth-order valence-corrected chi connectivity index (χ4v) is 1.37. The van der Waals surface area contributed by atoms with Gasteiger partial charge >= 0.3 is 0 Å². The number of nitrogens with one attached hydrogen (secondary N) is 1. The molecule has 0 aliphatic heterocycles. The minimum atomic E-state index is -0.641. The highest BCUT2D eigenvalue weighted by atomic mass is 79.9. The van der Waals surface area contributed by atoms with E-state index in [9.17, 15) is 9.50 Å². The number of aliphatic hydroxyl groups excluding tert-OH is 1. The fraction of sp³-hybridized carbons (Fsp3) is 0.0909. The largest absolute Gasteiger partial charge is 0.506 e. The van der Waals surface area contributed by atoms with E-state index in [-0.39, 0.29) is 17.2 Å². The number of hydrogen-bond donors (Lipinski definition) is 3. The van der Waals surface area contributed by atoms with Crippen molar-refractivity contribution in [1.82, 2.24) is 4.98 Å². The summed E-state index contributed by atoms with van der Waals surface area (Å²) in [5, 5.41) is 17.3. The second-order valence-electron chi connectivity index (χ2n) is 3.28. The summed E-state index contributed by atoms with van der Waals surface area (Å²) in [7, 11) is 0. The maximum absolute atomic E-state index is 12.6. The molecule has 0 fully saturated rings. The quantitative estimate of drug-likeness (QED) is 0.264. The zero-order valence-electron chi connectivity index (χ0n) is 9.04. The number of pyridine rings is 1. The van der Waals surface area contributed by atoms with Gasteiger partial charge in [-0.15, -0.1) is 0 Å². The van der Waals surface area contributed by atoms with Gasteiger partial charge in [-0.3, -0.25) is 5.41 Å². The molecule has 1 aromatic rings. The van der Waals surface area contributed by atoms with Crippen LogP contribution >= 0.6 is 15.9 Å². The van der Waals surface area contributed by atoms with Crippen LogP contribution in [0.5, 0.6) is 0 Å². The second kappa shape index (κ2) is 5.58. The summed E-state index contributed by atoms with van der Waals surface area (Å²) >= 11 is 3.18. The first-order valence-electron chi connectivity index (χ1n) is 4.65. The third-order valence-corrected chi connectivity index (χ3v) is 2.12. The zero-order valence-corrected chi connectivity index (χ0v) is 10.6. The van der Waals surface area contributed by atoms with E-state index in [1.165, 1.54) is 18.3 Å². The Kier molecular flexibility index (Phi) is 4.39. The molecular weight excluding hydrogens is 289 g/mol. The van der Waals surface area contributed by atoms with Gasteiger partial charge in [0.2, 0.25) is 5.95 Å². The lowest BCUT2D eigenvalue weighted by molar-refractivity contribution is 0.508. The molecule has 0 unspecified atom stereocenters. The zero-order chi connectivity index (χ0) is 13.0. The van der Waals surface area contributed by atoms with Crippen molar-refractivity contribution in [2.45, 2.75) is 6.92 Å². The highest BCUT2D eigenvalue weighted by molar-refractivity contribution is 9.11. The lowest BCUT2D eigenvalue weighted by atomic mass is 10.1. The number of hydrogen-bond acceptors (Lipinski definition) is 3. The second-order valence-corrected chi connectivity index (χ2v) is 4.53. The first-order chi connectivity index (χ1) is 7.91. The molecule has 0 radical (unpaired) electrons. The molecule has 17 heavy (non-hydrogen) atoms. The molecule has 90 valence electrons. The van der Waals surface area contributed by atoms with Crippen molar-refractivity contribution < 1.29 is 9.50 Å². The Morgan fingerprint density at radius 3 is 2.65 bits per heavy atom. The average Bonchev–Trinajstić information content (AvgIpc) is 2.25. The number of rotatable bonds is 3. The van der Waals surface area contributed by atoms with Crippen LogP contribution < -0.4 is 5.73 Å². The topological polar surface area (TPSA) is 83.0 Å². The summed E-state index contributed by atoms with van der Waals surface area (Å²) < 4.78 is 13.3. The molecule has 4 N–H and O–H groups in total. The van der Waals surface area contributed by atoms with E-state index >= 15 is 0 Å². The number of aliphatic hydroxyl groups is 1. The molecule has 0 aliphatic carbocycles. The van der Waals surface area contributed by atoms with E-state index in [0.29, 0.717) is 10.0 Å². The lowest BCUT2D eigenvalue weighted by Crippen LogP contribution is -2.13. The van der Waals surface area contributed by atoms with Crippen LogP contribution in [0, 0.1) is 11.4 Å². The average molecular weight is 300 g/mol. The monoisotopic (exact) mass is 299 g/mol. The predicted octanol–water partition coefficient (Wildman–Crippen LogP) is 2.72. The third kappa shape index (κ3) is 3.67. The Bertz CT molecular complexity index is 490. The summed E-state index contributed by atoms with van der Waals surface area (Å²) in [5.41, 5.74) is 5.80. The molecule has 0 atom stereocenters. The number of nitrogens with two attached hydrogens (primary N) is 1. The normalized spacial score (nSPS) is 13.2. The van der Waals surface area contributed by atoms with Gasteiger partial charge in [0.05, 0.1) is 5.57 Å². The van der Waals surface area contributed by atoms with Crippen LogP contribution in [0.1, 0.15) is 12.5 Å². The highest BCUT2D eigenvalue weighted by Crippen LogP contribution is 2.18. The number of halogens is 2. The van der Waals surface area contributed by atoms with E-state index in [2.05, 4.69) is 20.9 Å². The number of allylic oxidation sites excluding steroid dienone is 1. The molecule has 1 heterocycles. The number of amidine groups is 1. The van der Waals surface area contributed by atoms with Crippen molar-refractivity contribution in [1.29, 1.82) is 5.41 Å². The summed E-state index contributed by atoms with van der Waals surface area (Å²) in [5.74, 6) is -1.15. The first kappa shape index (κ1) is 13.4. The molecule has 6 heteroatoms. The van der Waals surface area contributed by atoms with Crippen LogP contribution in [0.3, 0.4) is 0 Å². The predicted molar refractivity (Wildman–Crippen MR) is 68.3 cm³/mol. The molecule has 4 nitrogen and oxygen atoms in total. The molecular formula is C11H11BrFN3O. The van der Waals surface area contributed by atoms with Crippen molar-refractivity contribution in [3.63, 3.8) is 0 Å². The third-order valence-electron chi connectivity index (χ3n) is 1.89. The van der Waals surface area contributed by atoms with E-state index < -0.39 is 5.95 Å². The molecule has 0 aromatic carbocycles. The van der Waals surface area contributed by atoms with Crippen molar-refractivity contribution in [3.8, 4) is 0 Å². The van der Waals surface area contributed by atoms with E-state index in [4.69, 9.17) is 11.1 Å². The van der Waals surface area contributed by atoms with Gasteiger partial charge in [-0.05, 0) is 29.6 Å². The maximum atomic E-state index is 12.6. The molecule has 0 bridgehead atoms. The summed E-state index contributed by atoms with van der Waals surface area (Å²) in [6, 6.07) is 2.48. The molecule has 1 rings (SSSR count). The minimum Gasteiger partial charge on any atom is -0.506 e. The fourth-order valence-electron chi connectivity index (χ4n) is 1.14. The van der Waals surface area contributed by atoms with E-state index in [1.807, 2.05) is 0 Å². The molecule has 0 aliphatic rings. The van der Waals surface area contributed by atoms with Gasteiger partial charge in [0.25, 0.3) is 0 Å². The van der Waals surface area contributed by atoms with Crippen LogP contribution in [-0.2, 0) is 0 Å². The summed E-state index contributed by atoms with van der Waals surface area (Å²) in [6.07, 6.45) is 2.67. The van der Waals surface area contributed by atoms with Gasteiger partial charge in [0, 0.05) is 11.8 Å². The standard InChI is InChI=1S/C11H11BrFN3O/c1-6(12)4-8(11(14)15)10(17)7-2-3-9(13)16-5-7/h2-5,17H,1H3,(H3,14,15)/b6-4+,10-8-. The Balaban J connectivity index is 3.29. The van der Waals surface area contributed by atoms with Crippen LogP contribution in [0.2, 0.25) is 0 Å². The SMILES string of the molecule is C/C(Br)=C\C(C(=N)N)=C(\O)c1ccc(F)nc1. The van der Waals surface area contributed by atoms with Gasteiger partial charge in [-0.1, -0.05) is 15.9 Å². The van der Waals surface area contributed by atoms with Gasteiger partial charge in [0.1, 0.15) is 11.6 Å². The van der Waals surface area contributed by atoms with Crippen LogP contribution in [0.4, 0.5) is 4.39 Å². The highest BCUT2D eigenvalue weighted by Gasteiger charge is 2.09. The summed E-state index contributed by atoms with van der Waals surface area (Å²) in [6.45, 7) is 1.74. The Morgan fingerprint density at radius 2 is 2.24 bits per heavy atom. The van der Waals surface area contributed by atoms with Gasteiger partial charge in [-0.2, -0.15) is 4.39 Å². The Hall–Kier alpha value is -1.69. The van der Waals surface area contributed by atoms with Crippen molar-refractivity contribution in [2.24, 2.45) is 5.73 Å². The van der Waals surface area contributed by atoms with Crippen molar-refractivity contribution in [2.75, 3.05) is 0 Å².